The summed E-state index contributed by atoms with van der Waals surface area (Å²) in [4.78, 5) is 19.3. The Balaban J connectivity index is 2.36. The van der Waals surface area contributed by atoms with E-state index in [1.165, 1.54) is 11.8 Å². The Hall–Kier alpha value is -1.82. The van der Waals surface area contributed by atoms with Gasteiger partial charge in [0.25, 0.3) is 0 Å². The van der Waals surface area contributed by atoms with E-state index in [1.807, 2.05) is 22.8 Å². The van der Waals surface area contributed by atoms with Gasteiger partial charge in [-0.1, -0.05) is 17.8 Å². The van der Waals surface area contributed by atoms with E-state index in [9.17, 15) is 4.79 Å². The molecule has 0 saturated heterocycles. The van der Waals surface area contributed by atoms with Crippen LogP contribution in [0.15, 0.2) is 36.1 Å². The number of hydrogen-bond acceptors (Lipinski definition) is 4. The maximum atomic E-state index is 10.6. The van der Waals surface area contributed by atoms with Crippen LogP contribution >= 0.6 is 11.8 Å². The van der Waals surface area contributed by atoms with Gasteiger partial charge in [-0.15, -0.1) is 6.58 Å². The molecule has 1 N–H and O–H groups in total. The van der Waals surface area contributed by atoms with Crippen molar-refractivity contribution in [1.82, 2.24) is 14.5 Å². The summed E-state index contributed by atoms with van der Waals surface area (Å²) in [5.41, 5.74) is 1.57. The summed E-state index contributed by atoms with van der Waals surface area (Å²) in [5, 5.41) is 9.41. The lowest BCUT2D eigenvalue weighted by Crippen LogP contribution is -2.03. The number of carboxylic acid groups (broad SMARTS) is 1. The highest BCUT2D eigenvalue weighted by molar-refractivity contribution is 7.99. The number of pyridine rings is 1. The zero-order chi connectivity index (χ0) is 13.0. The van der Waals surface area contributed by atoms with Crippen molar-refractivity contribution in [2.24, 2.45) is 0 Å². The predicted octanol–water partition coefficient (Wildman–Crippen LogP) is 2.18. The van der Waals surface area contributed by atoms with Crippen molar-refractivity contribution in [3.05, 3.63) is 31.0 Å². The number of allylic oxidation sites excluding steroid dienone is 1. The Morgan fingerprint density at radius 1 is 1.61 bits per heavy atom. The molecule has 5 nitrogen and oxygen atoms in total. The molecule has 0 aliphatic carbocycles. The number of fused-ring (bicyclic) bond motifs is 1. The molecule has 0 amide bonds. The molecule has 18 heavy (non-hydrogen) atoms. The van der Waals surface area contributed by atoms with Crippen molar-refractivity contribution >= 4 is 28.9 Å². The first-order valence-corrected chi connectivity index (χ1v) is 6.47. The molecule has 2 aromatic heterocycles. The predicted molar refractivity (Wildman–Crippen MR) is 70.7 cm³/mol. The lowest BCUT2D eigenvalue weighted by atomic mass is 10.4. The van der Waals surface area contributed by atoms with Crippen molar-refractivity contribution in [2.75, 3.05) is 5.75 Å². The number of aryl methyl sites for hydroxylation is 1. The minimum atomic E-state index is -0.852. The molecule has 2 rings (SSSR count). The van der Waals surface area contributed by atoms with Crippen LogP contribution in [0.5, 0.6) is 0 Å². The van der Waals surface area contributed by atoms with Gasteiger partial charge in [0, 0.05) is 12.7 Å². The number of nitrogens with zero attached hydrogens (tertiary/aromatic N) is 3. The quantitative estimate of drug-likeness (QED) is 0.639. The first kappa shape index (κ1) is 12.6. The van der Waals surface area contributed by atoms with Gasteiger partial charge in [-0.25, -0.2) is 9.97 Å². The Morgan fingerprint density at radius 3 is 3.17 bits per heavy atom. The van der Waals surface area contributed by atoms with Gasteiger partial charge in [0.05, 0.1) is 5.75 Å². The molecule has 0 saturated carbocycles. The fraction of sp³-hybridized carbons (Fsp3) is 0.250. The molecular weight excluding hydrogens is 250 g/mol. The van der Waals surface area contributed by atoms with Crippen molar-refractivity contribution in [2.45, 2.75) is 18.1 Å². The monoisotopic (exact) mass is 263 g/mol. The summed E-state index contributed by atoms with van der Waals surface area (Å²) in [5.74, 6) is -0.854. The number of imidazole rings is 1. The van der Waals surface area contributed by atoms with E-state index < -0.39 is 5.97 Å². The molecule has 0 atom stereocenters. The van der Waals surface area contributed by atoms with Crippen LogP contribution in [0.25, 0.3) is 11.2 Å². The van der Waals surface area contributed by atoms with E-state index in [1.54, 1.807) is 6.20 Å². The molecule has 0 unspecified atom stereocenters. The molecule has 94 valence electrons. The number of rotatable bonds is 6. The molecule has 0 aliphatic rings. The van der Waals surface area contributed by atoms with Crippen LogP contribution in [0.2, 0.25) is 0 Å². The summed E-state index contributed by atoms with van der Waals surface area (Å²) < 4.78 is 1.94. The number of thioether (sulfide) groups is 1. The summed E-state index contributed by atoms with van der Waals surface area (Å²) in [7, 11) is 0. The van der Waals surface area contributed by atoms with Gasteiger partial charge >= 0.3 is 5.97 Å². The summed E-state index contributed by atoms with van der Waals surface area (Å²) in [6, 6.07) is 3.69. The van der Waals surface area contributed by atoms with Crippen LogP contribution in [0, 0.1) is 0 Å². The highest BCUT2D eigenvalue weighted by atomic mass is 32.2. The zero-order valence-electron chi connectivity index (χ0n) is 9.74. The average molecular weight is 263 g/mol. The third kappa shape index (κ3) is 2.70. The lowest BCUT2D eigenvalue weighted by Gasteiger charge is -2.05. The largest absolute Gasteiger partial charge is 0.481 e. The first-order chi connectivity index (χ1) is 8.72. The fourth-order valence-corrected chi connectivity index (χ4v) is 2.35. The van der Waals surface area contributed by atoms with Gasteiger partial charge in [-0.3, -0.25) is 4.79 Å². The van der Waals surface area contributed by atoms with Gasteiger partial charge in [-0.05, 0) is 18.6 Å². The molecule has 0 radical (unpaired) electrons. The fourth-order valence-electron chi connectivity index (χ4n) is 1.60. The lowest BCUT2D eigenvalue weighted by molar-refractivity contribution is -0.133. The molecule has 0 aromatic carbocycles. The Labute approximate surface area is 109 Å². The van der Waals surface area contributed by atoms with Crippen molar-refractivity contribution < 1.29 is 9.90 Å². The molecule has 0 aliphatic heterocycles. The molecule has 6 heteroatoms. The number of hydrogen-bond donors (Lipinski definition) is 1. The molecular formula is C12H13N3O2S. The highest BCUT2D eigenvalue weighted by Crippen LogP contribution is 2.22. The van der Waals surface area contributed by atoms with Gasteiger partial charge < -0.3 is 9.67 Å². The summed E-state index contributed by atoms with van der Waals surface area (Å²) in [6.07, 6.45) is 4.32. The van der Waals surface area contributed by atoms with Crippen LogP contribution in [-0.4, -0.2) is 31.4 Å². The van der Waals surface area contributed by atoms with E-state index in [4.69, 9.17) is 5.11 Å². The van der Waals surface area contributed by atoms with Gasteiger partial charge in [0.15, 0.2) is 10.8 Å². The second-order valence-electron chi connectivity index (χ2n) is 3.65. The highest BCUT2D eigenvalue weighted by Gasteiger charge is 2.12. The Kier molecular flexibility index (Phi) is 3.99. The molecule has 0 bridgehead atoms. The minimum absolute atomic E-state index is 0.00257. The van der Waals surface area contributed by atoms with Crippen LogP contribution in [0.3, 0.4) is 0 Å². The SMILES string of the molecule is C=CCCn1c(SCC(=O)O)nc2cccnc21. The Morgan fingerprint density at radius 2 is 2.44 bits per heavy atom. The average Bonchev–Trinajstić information content (AvgIpc) is 2.71. The molecule has 2 heterocycles. The van der Waals surface area contributed by atoms with E-state index in [0.717, 1.165) is 17.6 Å². The minimum Gasteiger partial charge on any atom is -0.481 e. The molecule has 0 spiro atoms. The third-order valence-electron chi connectivity index (χ3n) is 2.35. The maximum absolute atomic E-state index is 10.6. The van der Waals surface area contributed by atoms with Crippen LogP contribution in [0.1, 0.15) is 6.42 Å². The van der Waals surface area contributed by atoms with Gasteiger partial charge in [0.2, 0.25) is 0 Å². The van der Waals surface area contributed by atoms with E-state index in [2.05, 4.69) is 16.5 Å². The van der Waals surface area contributed by atoms with Crippen molar-refractivity contribution in [3.8, 4) is 0 Å². The van der Waals surface area contributed by atoms with Gasteiger partial charge in [-0.2, -0.15) is 0 Å². The van der Waals surface area contributed by atoms with Crippen LogP contribution < -0.4 is 0 Å². The first-order valence-electron chi connectivity index (χ1n) is 5.49. The van der Waals surface area contributed by atoms with Crippen LogP contribution in [-0.2, 0) is 11.3 Å². The van der Waals surface area contributed by atoms with E-state index >= 15 is 0 Å². The second-order valence-corrected chi connectivity index (χ2v) is 4.59. The second kappa shape index (κ2) is 5.68. The normalized spacial score (nSPS) is 10.7. The molecule has 0 fully saturated rings. The standard InChI is InChI=1S/C12H13N3O2S/c1-2-3-7-15-11-9(5-4-6-13-11)14-12(15)18-8-10(16)17/h2,4-6H,1,3,7-8H2,(H,16,17). The van der Waals surface area contributed by atoms with Crippen molar-refractivity contribution in [1.29, 1.82) is 0 Å². The van der Waals surface area contributed by atoms with E-state index in [0.29, 0.717) is 11.7 Å². The third-order valence-corrected chi connectivity index (χ3v) is 3.31. The number of carboxylic acids is 1. The van der Waals surface area contributed by atoms with Crippen molar-refractivity contribution in [3.63, 3.8) is 0 Å². The van der Waals surface area contributed by atoms with Gasteiger partial charge in [0.1, 0.15) is 5.52 Å². The molecule has 2 aromatic rings. The summed E-state index contributed by atoms with van der Waals surface area (Å²) in [6.45, 7) is 4.40. The zero-order valence-corrected chi connectivity index (χ0v) is 10.6. The number of aromatic nitrogens is 3. The summed E-state index contributed by atoms with van der Waals surface area (Å²) >= 11 is 1.21. The van der Waals surface area contributed by atoms with Crippen LogP contribution in [0.4, 0.5) is 0 Å². The topological polar surface area (TPSA) is 68.0 Å². The number of carbonyl (C=O) groups is 1. The number of aliphatic carboxylic acids is 1. The van der Waals surface area contributed by atoms with E-state index in [-0.39, 0.29) is 5.75 Å². The maximum Gasteiger partial charge on any atom is 0.313 e. The smallest absolute Gasteiger partial charge is 0.313 e. The Bertz CT molecular complexity index is 580.